The molecule has 1 heterocycles. The maximum Gasteiger partial charge on any atom is 0.206 e. The van der Waals surface area contributed by atoms with Gasteiger partial charge in [0, 0.05) is 26.5 Å². The van der Waals surface area contributed by atoms with Crippen LogP contribution in [0.2, 0.25) is 0 Å². The minimum absolute atomic E-state index is 0.0194. The van der Waals surface area contributed by atoms with Gasteiger partial charge in [0.25, 0.3) is 0 Å². The molecular formula is C15H30N2O2. The van der Waals surface area contributed by atoms with Gasteiger partial charge in [0.1, 0.15) is 0 Å². The van der Waals surface area contributed by atoms with E-state index in [4.69, 9.17) is 9.47 Å². The summed E-state index contributed by atoms with van der Waals surface area (Å²) >= 11 is 0. The second kappa shape index (κ2) is 4.98. The molecule has 0 aromatic heterocycles. The van der Waals surface area contributed by atoms with Crippen molar-refractivity contribution in [3.63, 3.8) is 0 Å². The largest absolute Gasteiger partial charge is 0.355 e. The first-order valence-corrected chi connectivity index (χ1v) is 6.87. The number of ether oxygens (including phenoxy) is 2. The van der Waals surface area contributed by atoms with Crippen molar-refractivity contribution in [3.05, 3.63) is 12.4 Å². The summed E-state index contributed by atoms with van der Waals surface area (Å²) in [6, 6.07) is 0. The molecule has 0 aromatic carbocycles. The smallest absolute Gasteiger partial charge is 0.206 e. The Hall–Kier alpha value is -0.740. The van der Waals surface area contributed by atoms with Crippen LogP contribution in [-0.2, 0) is 9.47 Å². The zero-order valence-corrected chi connectivity index (χ0v) is 13.9. The number of likely N-dealkylation sites (N-methyl/N-ethyl adjacent to an activating group) is 2. The number of rotatable bonds is 3. The van der Waals surface area contributed by atoms with E-state index >= 15 is 0 Å². The first kappa shape index (κ1) is 16.3. The van der Waals surface area contributed by atoms with Gasteiger partial charge in [-0.25, -0.2) is 0 Å². The van der Waals surface area contributed by atoms with E-state index in [0.29, 0.717) is 0 Å². The predicted molar refractivity (Wildman–Crippen MR) is 78.5 cm³/mol. The normalized spacial score (nSPS) is 18.6. The molecule has 0 atom stereocenters. The molecule has 0 N–H and O–H groups in total. The second-order valence-corrected chi connectivity index (χ2v) is 7.45. The first-order valence-electron chi connectivity index (χ1n) is 6.87. The second-order valence-electron chi connectivity index (χ2n) is 7.45. The SMILES string of the molecule is CN1C=CN(C)C1C(C)(OC(C)(C)C)OC(C)(C)C. The fraction of sp³-hybridized carbons (Fsp3) is 0.867. The van der Waals surface area contributed by atoms with Gasteiger partial charge in [0.2, 0.25) is 5.79 Å². The van der Waals surface area contributed by atoms with Crippen LogP contribution in [0, 0.1) is 0 Å². The van der Waals surface area contributed by atoms with Gasteiger partial charge in [-0.1, -0.05) is 0 Å². The Balaban J connectivity index is 3.05. The zero-order valence-electron chi connectivity index (χ0n) is 13.9. The third kappa shape index (κ3) is 4.39. The third-order valence-corrected chi connectivity index (χ3v) is 2.80. The summed E-state index contributed by atoms with van der Waals surface area (Å²) in [6.45, 7) is 14.4. The lowest BCUT2D eigenvalue weighted by molar-refractivity contribution is -0.333. The number of hydrogen-bond donors (Lipinski definition) is 0. The monoisotopic (exact) mass is 270 g/mol. The molecule has 0 aliphatic carbocycles. The molecule has 112 valence electrons. The Kier molecular flexibility index (Phi) is 4.28. The highest BCUT2D eigenvalue weighted by atomic mass is 16.7. The van der Waals surface area contributed by atoms with Crippen molar-refractivity contribution in [1.82, 2.24) is 9.80 Å². The predicted octanol–water partition coefficient (Wildman–Crippen LogP) is 3.01. The molecular weight excluding hydrogens is 240 g/mol. The van der Waals surface area contributed by atoms with Gasteiger partial charge < -0.3 is 19.3 Å². The third-order valence-electron chi connectivity index (χ3n) is 2.80. The van der Waals surface area contributed by atoms with Crippen LogP contribution in [0.5, 0.6) is 0 Å². The van der Waals surface area contributed by atoms with Gasteiger partial charge in [0.05, 0.1) is 11.2 Å². The molecule has 1 aliphatic heterocycles. The summed E-state index contributed by atoms with van der Waals surface area (Å²) in [7, 11) is 4.09. The Morgan fingerprint density at radius 3 is 1.32 bits per heavy atom. The topological polar surface area (TPSA) is 24.9 Å². The van der Waals surface area contributed by atoms with Crippen LogP contribution in [-0.4, -0.2) is 47.1 Å². The van der Waals surface area contributed by atoms with Crippen LogP contribution in [0.15, 0.2) is 12.4 Å². The van der Waals surface area contributed by atoms with E-state index in [1.165, 1.54) is 0 Å². The molecule has 4 nitrogen and oxygen atoms in total. The Bertz CT molecular complexity index is 311. The average Bonchev–Trinajstić information content (AvgIpc) is 2.38. The Morgan fingerprint density at radius 2 is 1.05 bits per heavy atom. The molecule has 0 aromatic rings. The van der Waals surface area contributed by atoms with Crippen molar-refractivity contribution in [1.29, 1.82) is 0 Å². The molecule has 1 rings (SSSR count). The van der Waals surface area contributed by atoms with Gasteiger partial charge >= 0.3 is 0 Å². The highest BCUT2D eigenvalue weighted by Gasteiger charge is 2.47. The maximum absolute atomic E-state index is 6.28. The standard InChI is InChI=1S/C15H30N2O2/c1-13(2,3)18-15(7,19-14(4,5)6)12-16(8)10-11-17(12)9/h10-12H,1-9H3. The summed E-state index contributed by atoms with van der Waals surface area (Å²) in [5.41, 5.74) is -0.547. The molecule has 19 heavy (non-hydrogen) atoms. The van der Waals surface area contributed by atoms with Gasteiger partial charge in [-0.2, -0.15) is 0 Å². The molecule has 0 amide bonds. The quantitative estimate of drug-likeness (QED) is 0.736. The summed E-state index contributed by atoms with van der Waals surface area (Å²) < 4.78 is 12.6. The molecule has 0 fully saturated rings. The molecule has 1 aliphatic rings. The summed E-state index contributed by atoms with van der Waals surface area (Å²) in [5.74, 6) is -0.719. The van der Waals surface area contributed by atoms with E-state index in [1.807, 2.05) is 33.4 Å². The summed E-state index contributed by atoms with van der Waals surface area (Å²) in [6.07, 6.45) is 4.10. The fourth-order valence-corrected chi connectivity index (χ4v) is 2.74. The highest BCUT2D eigenvalue weighted by Crippen LogP contribution is 2.34. The van der Waals surface area contributed by atoms with Gasteiger partial charge in [0.15, 0.2) is 6.17 Å². The Labute approximate surface area is 118 Å². The minimum Gasteiger partial charge on any atom is -0.355 e. The summed E-state index contributed by atoms with van der Waals surface area (Å²) in [4.78, 5) is 4.24. The molecule has 4 heteroatoms. The number of hydrogen-bond acceptors (Lipinski definition) is 4. The van der Waals surface area contributed by atoms with Crippen LogP contribution in [0.4, 0.5) is 0 Å². The van der Waals surface area contributed by atoms with Crippen molar-refractivity contribution < 1.29 is 9.47 Å². The first-order chi connectivity index (χ1) is 8.34. The highest BCUT2D eigenvalue weighted by molar-refractivity contribution is 5.00. The lowest BCUT2D eigenvalue weighted by atomic mass is 10.1. The van der Waals surface area contributed by atoms with Crippen LogP contribution >= 0.6 is 0 Å². The molecule has 0 saturated heterocycles. The van der Waals surface area contributed by atoms with Crippen molar-refractivity contribution in [3.8, 4) is 0 Å². The summed E-state index contributed by atoms with van der Waals surface area (Å²) in [5, 5.41) is 0. The zero-order chi connectivity index (χ0) is 15.1. The molecule has 0 spiro atoms. The van der Waals surface area contributed by atoms with Crippen LogP contribution in [0.1, 0.15) is 48.5 Å². The van der Waals surface area contributed by atoms with Crippen LogP contribution < -0.4 is 0 Å². The Morgan fingerprint density at radius 1 is 0.737 bits per heavy atom. The van der Waals surface area contributed by atoms with E-state index in [0.717, 1.165) is 0 Å². The molecule has 0 bridgehead atoms. The van der Waals surface area contributed by atoms with Crippen molar-refractivity contribution in [2.75, 3.05) is 14.1 Å². The van der Waals surface area contributed by atoms with Crippen LogP contribution in [0.25, 0.3) is 0 Å². The van der Waals surface area contributed by atoms with E-state index < -0.39 is 5.79 Å². The molecule has 0 unspecified atom stereocenters. The van der Waals surface area contributed by atoms with E-state index in [1.54, 1.807) is 0 Å². The lowest BCUT2D eigenvalue weighted by Gasteiger charge is -2.48. The van der Waals surface area contributed by atoms with E-state index in [9.17, 15) is 0 Å². The van der Waals surface area contributed by atoms with E-state index in [2.05, 4.69) is 51.3 Å². The molecule has 0 saturated carbocycles. The van der Waals surface area contributed by atoms with Crippen LogP contribution in [0.3, 0.4) is 0 Å². The maximum atomic E-state index is 6.28. The fourth-order valence-electron chi connectivity index (χ4n) is 2.74. The van der Waals surface area contributed by atoms with Crippen molar-refractivity contribution in [2.24, 2.45) is 0 Å². The lowest BCUT2D eigenvalue weighted by Crippen LogP contribution is -2.60. The average molecular weight is 270 g/mol. The minimum atomic E-state index is -0.719. The van der Waals surface area contributed by atoms with E-state index in [-0.39, 0.29) is 17.4 Å². The number of nitrogens with zero attached hydrogens (tertiary/aromatic N) is 2. The molecule has 0 radical (unpaired) electrons. The van der Waals surface area contributed by atoms with Gasteiger partial charge in [-0.3, -0.25) is 0 Å². The van der Waals surface area contributed by atoms with Crippen molar-refractivity contribution in [2.45, 2.75) is 71.6 Å². The van der Waals surface area contributed by atoms with Gasteiger partial charge in [-0.05, 0) is 48.5 Å². The van der Waals surface area contributed by atoms with Crippen molar-refractivity contribution >= 4 is 0 Å². The van der Waals surface area contributed by atoms with Gasteiger partial charge in [-0.15, -0.1) is 0 Å².